The van der Waals surface area contributed by atoms with Gasteiger partial charge in [-0.15, -0.1) is 0 Å². The van der Waals surface area contributed by atoms with Crippen molar-refractivity contribution in [2.45, 2.75) is 33.0 Å². The van der Waals surface area contributed by atoms with Crippen molar-refractivity contribution in [3.05, 3.63) is 23.8 Å². The molecule has 15 heavy (non-hydrogen) atoms. The molecule has 0 saturated heterocycles. The quantitative estimate of drug-likeness (QED) is 0.810. The molecule has 3 heteroatoms. The van der Waals surface area contributed by atoms with Crippen molar-refractivity contribution < 1.29 is 14.6 Å². The van der Waals surface area contributed by atoms with Crippen LogP contribution in [-0.4, -0.2) is 18.3 Å². The molecule has 0 saturated carbocycles. The van der Waals surface area contributed by atoms with Crippen molar-refractivity contribution in [1.29, 1.82) is 0 Å². The standard InChI is InChI=1S/C12H18O3/c1-4-9(2)15-12-7-10(8-13)5-6-11(12)14-3/h5-7,9,13H,4,8H2,1-3H3. The highest BCUT2D eigenvalue weighted by Gasteiger charge is 2.08. The minimum Gasteiger partial charge on any atom is -0.493 e. The van der Waals surface area contributed by atoms with E-state index in [1.165, 1.54) is 0 Å². The summed E-state index contributed by atoms with van der Waals surface area (Å²) < 4.78 is 10.9. The molecule has 0 heterocycles. The van der Waals surface area contributed by atoms with E-state index in [1.54, 1.807) is 7.11 Å². The van der Waals surface area contributed by atoms with Crippen molar-refractivity contribution in [2.24, 2.45) is 0 Å². The predicted molar refractivity (Wildman–Crippen MR) is 59.3 cm³/mol. The highest BCUT2D eigenvalue weighted by atomic mass is 16.5. The summed E-state index contributed by atoms with van der Waals surface area (Å²) in [6.07, 6.45) is 1.08. The third-order valence-electron chi connectivity index (χ3n) is 2.31. The predicted octanol–water partition coefficient (Wildman–Crippen LogP) is 2.36. The van der Waals surface area contributed by atoms with Gasteiger partial charge in [-0.25, -0.2) is 0 Å². The maximum absolute atomic E-state index is 9.02. The fraction of sp³-hybridized carbons (Fsp3) is 0.500. The summed E-state index contributed by atoms with van der Waals surface area (Å²) in [6, 6.07) is 5.44. The van der Waals surface area contributed by atoms with E-state index in [2.05, 4.69) is 6.92 Å². The van der Waals surface area contributed by atoms with Gasteiger partial charge in [-0.3, -0.25) is 0 Å². The lowest BCUT2D eigenvalue weighted by atomic mass is 10.2. The average molecular weight is 210 g/mol. The summed E-state index contributed by atoms with van der Waals surface area (Å²) in [7, 11) is 1.61. The molecule has 0 aliphatic heterocycles. The zero-order chi connectivity index (χ0) is 11.3. The van der Waals surface area contributed by atoms with E-state index in [4.69, 9.17) is 14.6 Å². The molecule has 0 radical (unpaired) electrons. The number of benzene rings is 1. The number of aliphatic hydroxyl groups is 1. The summed E-state index contributed by atoms with van der Waals surface area (Å²) in [5, 5.41) is 9.02. The van der Waals surface area contributed by atoms with E-state index in [1.807, 2.05) is 25.1 Å². The second kappa shape index (κ2) is 5.61. The zero-order valence-electron chi connectivity index (χ0n) is 9.49. The third kappa shape index (κ3) is 3.13. The molecule has 0 spiro atoms. The van der Waals surface area contributed by atoms with Crippen LogP contribution in [0.1, 0.15) is 25.8 Å². The van der Waals surface area contributed by atoms with E-state index in [9.17, 15) is 0 Å². The highest BCUT2D eigenvalue weighted by molar-refractivity contribution is 5.42. The Morgan fingerprint density at radius 2 is 2.07 bits per heavy atom. The van der Waals surface area contributed by atoms with Crippen LogP contribution in [0, 0.1) is 0 Å². The molecule has 1 aromatic rings. The first-order valence-electron chi connectivity index (χ1n) is 5.15. The van der Waals surface area contributed by atoms with Crippen LogP contribution in [0.15, 0.2) is 18.2 Å². The summed E-state index contributed by atoms with van der Waals surface area (Å²) in [5.74, 6) is 1.39. The van der Waals surface area contributed by atoms with Crippen LogP contribution in [0.25, 0.3) is 0 Å². The molecule has 1 unspecified atom stereocenters. The van der Waals surface area contributed by atoms with E-state index in [0.29, 0.717) is 11.5 Å². The van der Waals surface area contributed by atoms with Crippen LogP contribution < -0.4 is 9.47 Å². The second-order valence-corrected chi connectivity index (χ2v) is 3.48. The van der Waals surface area contributed by atoms with Gasteiger partial charge in [-0.05, 0) is 31.0 Å². The van der Waals surface area contributed by atoms with Crippen LogP contribution in [0.4, 0.5) is 0 Å². The monoisotopic (exact) mass is 210 g/mol. The summed E-state index contributed by atoms with van der Waals surface area (Å²) in [4.78, 5) is 0. The molecule has 0 aliphatic rings. The Morgan fingerprint density at radius 3 is 2.60 bits per heavy atom. The Kier molecular flexibility index (Phi) is 4.43. The second-order valence-electron chi connectivity index (χ2n) is 3.48. The molecule has 1 N–H and O–H groups in total. The van der Waals surface area contributed by atoms with Crippen molar-refractivity contribution in [2.75, 3.05) is 7.11 Å². The topological polar surface area (TPSA) is 38.7 Å². The smallest absolute Gasteiger partial charge is 0.161 e. The van der Waals surface area contributed by atoms with Gasteiger partial charge < -0.3 is 14.6 Å². The van der Waals surface area contributed by atoms with Crippen molar-refractivity contribution in [1.82, 2.24) is 0 Å². The summed E-state index contributed by atoms with van der Waals surface area (Å²) in [6.45, 7) is 4.08. The van der Waals surface area contributed by atoms with Gasteiger partial charge >= 0.3 is 0 Å². The molecule has 0 aromatic heterocycles. The van der Waals surface area contributed by atoms with Crippen LogP contribution >= 0.6 is 0 Å². The van der Waals surface area contributed by atoms with Crippen LogP contribution in [0.2, 0.25) is 0 Å². The summed E-state index contributed by atoms with van der Waals surface area (Å²) in [5.41, 5.74) is 0.828. The van der Waals surface area contributed by atoms with Gasteiger partial charge in [0.15, 0.2) is 11.5 Å². The first-order chi connectivity index (χ1) is 7.21. The van der Waals surface area contributed by atoms with Crippen LogP contribution in [0.3, 0.4) is 0 Å². The number of aliphatic hydroxyl groups excluding tert-OH is 1. The van der Waals surface area contributed by atoms with Gasteiger partial charge in [0.1, 0.15) is 0 Å². The molecule has 1 aromatic carbocycles. The van der Waals surface area contributed by atoms with Gasteiger partial charge in [0, 0.05) is 0 Å². The lowest BCUT2D eigenvalue weighted by Gasteiger charge is -2.16. The molecular weight excluding hydrogens is 192 g/mol. The summed E-state index contributed by atoms with van der Waals surface area (Å²) >= 11 is 0. The molecule has 1 atom stereocenters. The van der Waals surface area contributed by atoms with Crippen LogP contribution in [0.5, 0.6) is 11.5 Å². The minimum absolute atomic E-state index is 0.0147. The van der Waals surface area contributed by atoms with E-state index < -0.39 is 0 Å². The Balaban J connectivity index is 2.90. The molecule has 0 fully saturated rings. The molecule has 1 rings (SSSR count). The molecule has 0 amide bonds. The number of rotatable bonds is 5. The zero-order valence-corrected chi connectivity index (χ0v) is 9.49. The van der Waals surface area contributed by atoms with Gasteiger partial charge in [0.2, 0.25) is 0 Å². The third-order valence-corrected chi connectivity index (χ3v) is 2.31. The lowest BCUT2D eigenvalue weighted by molar-refractivity contribution is 0.206. The Labute approximate surface area is 90.6 Å². The highest BCUT2D eigenvalue weighted by Crippen LogP contribution is 2.29. The lowest BCUT2D eigenvalue weighted by Crippen LogP contribution is -2.10. The van der Waals surface area contributed by atoms with Gasteiger partial charge in [-0.1, -0.05) is 13.0 Å². The molecule has 3 nitrogen and oxygen atoms in total. The van der Waals surface area contributed by atoms with Crippen molar-refractivity contribution in [3.8, 4) is 11.5 Å². The maximum Gasteiger partial charge on any atom is 0.161 e. The number of methoxy groups -OCH3 is 1. The molecule has 0 aliphatic carbocycles. The maximum atomic E-state index is 9.02. The number of ether oxygens (including phenoxy) is 2. The van der Waals surface area contributed by atoms with E-state index in [-0.39, 0.29) is 12.7 Å². The number of hydrogen-bond donors (Lipinski definition) is 1. The fourth-order valence-corrected chi connectivity index (χ4v) is 1.21. The van der Waals surface area contributed by atoms with Gasteiger partial charge in [0.25, 0.3) is 0 Å². The van der Waals surface area contributed by atoms with Crippen molar-refractivity contribution >= 4 is 0 Å². The average Bonchev–Trinajstić information content (AvgIpc) is 2.28. The van der Waals surface area contributed by atoms with Crippen molar-refractivity contribution in [3.63, 3.8) is 0 Å². The van der Waals surface area contributed by atoms with Gasteiger partial charge in [0.05, 0.1) is 19.8 Å². The van der Waals surface area contributed by atoms with E-state index >= 15 is 0 Å². The SMILES string of the molecule is CCC(C)Oc1cc(CO)ccc1OC. The molecule has 84 valence electrons. The first-order valence-corrected chi connectivity index (χ1v) is 5.15. The minimum atomic E-state index is 0.0147. The Hall–Kier alpha value is -1.22. The van der Waals surface area contributed by atoms with Gasteiger partial charge in [-0.2, -0.15) is 0 Å². The molecule has 0 bridgehead atoms. The Morgan fingerprint density at radius 1 is 1.33 bits per heavy atom. The van der Waals surface area contributed by atoms with Crippen LogP contribution in [-0.2, 0) is 6.61 Å². The normalized spacial score (nSPS) is 12.3. The van der Waals surface area contributed by atoms with E-state index in [0.717, 1.165) is 12.0 Å². The number of hydrogen-bond acceptors (Lipinski definition) is 3. The fourth-order valence-electron chi connectivity index (χ4n) is 1.21. The first kappa shape index (κ1) is 11.9. The largest absolute Gasteiger partial charge is 0.493 e. The Bertz CT molecular complexity index is 310. The molecular formula is C12H18O3.